The van der Waals surface area contributed by atoms with Gasteiger partial charge < -0.3 is 9.67 Å². The van der Waals surface area contributed by atoms with Crippen molar-refractivity contribution in [1.82, 2.24) is 19.4 Å². The molecule has 1 atom stereocenters. The lowest BCUT2D eigenvalue weighted by Gasteiger charge is -2.35. The maximum Gasteiger partial charge on any atom is 0.123 e. The van der Waals surface area contributed by atoms with Crippen LogP contribution in [0, 0.1) is 5.82 Å². The number of aryl methyl sites for hydroxylation is 1. The highest BCUT2D eigenvalue weighted by Crippen LogP contribution is 2.16. The molecule has 0 aliphatic carbocycles. The van der Waals surface area contributed by atoms with Crippen molar-refractivity contribution in [1.29, 1.82) is 0 Å². The van der Waals surface area contributed by atoms with Crippen molar-refractivity contribution in [2.45, 2.75) is 12.6 Å². The maximum atomic E-state index is 13.2. The van der Waals surface area contributed by atoms with Crippen LogP contribution in [0.1, 0.15) is 17.5 Å². The van der Waals surface area contributed by atoms with Crippen LogP contribution in [0.25, 0.3) is 0 Å². The van der Waals surface area contributed by atoms with Crippen molar-refractivity contribution in [3.8, 4) is 0 Å². The number of halogens is 1. The van der Waals surface area contributed by atoms with E-state index >= 15 is 0 Å². The Morgan fingerprint density at radius 3 is 2.61 bits per heavy atom. The first kappa shape index (κ1) is 16.1. The third kappa shape index (κ3) is 4.16. The van der Waals surface area contributed by atoms with Gasteiger partial charge in [0.1, 0.15) is 11.6 Å². The van der Waals surface area contributed by atoms with Crippen LogP contribution in [-0.2, 0) is 13.6 Å². The number of β-amino-alcohol motifs (C(OH)–C–C–N with tert-alkyl or cyclic N) is 1. The van der Waals surface area contributed by atoms with E-state index in [9.17, 15) is 9.50 Å². The van der Waals surface area contributed by atoms with E-state index in [0.29, 0.717) is 12.1 Å². The summed E-state index contributed by atoms with van der Waals surface area (Å²) in [6.07, 6.45) is 3.13. The third-order valence-electron chi connectivity index (χ3n) is 4.42. The van der Waals surface area contributed by atoms with E-state index in [1.54, 1.807) is 12.1 Å². The SMILES string of the molecule is Cn1ccnc1CN1CCN(C[C@H](O)c2cccc(F)c2)CC1. The minimum Gasteiger partial charge on any atom is -0.387 e. The van der Waals surface area contributed by atoms with Crippen molar-refractivity contribution in [2.75, 3.05) is 32.7 Å². The van der Waals surface area contributed by atoms with E-state index in [0.717, 1.165) is 38.5 Å². The number of benzene rings is 1. The van der Waals surface area contributed by atoms with E-state index < -0.39 is 6.10 Å². The lowest BCUT2D eigenvalue weighted by Crippen LogP contribution is -2.47. The summed E-state index contributed by atoms with van der Waals surface area (Å²) in [4.78, 5) is 8.95. The molecule has 1 fully saturated rings. The van der Waals surface area contributed by atoms with Gasteiger partial charge in [-0.25, -0.2) is 9.37 Å². The Bertz CT molecular complexity index is 637. The van der Waals surface area contributed by atoms with Gasteiger partial charge >= 0.3 is 0 Å². The second-order valence-electron chi connectivity index (χ2n) is 6.10. The Morgan fingerprint density at radius 2 is 1.96 bits per heavy atom. The maximum absolute atomic E-state index is 13.2. The van der Waals surface area contributed by atoms with Gasteiger partial charge in [0, 0.05) is 52.2 Å². The monoisotopic (exact) mass is 318 g/mol. The number of aliphatic hydroxyl groups is 1. The van der Waals surface area contributed by atoms with Gasteiger partial charge in [-0.1, -0.05) is 12.1 Å². The van der Waals surface area contributed by atoms with Gasteiger partial charge in [0.2, 0.25) is 0 Å². The molecular formula is C17H23FN4O. The van der Waals surface area contributed by atoms with Gasteiger partial charge in [-0.2, -0.15) is 0 Å². The van der Waals surface area contributed by atoms with Crippen molar-refractivity contribution in [3.63, 3.8) is 0 Å². The molecule has 6 heteroatoms. The largest absolute Gasteiger partial charge is 0.387 e. The first-order chi connectivity index (χ1) is 11.1. The summed E-state index contributed by atoms with van der Waals surface area (Å²) >= 11 is 0. The summed E-state index contributed by atoms with van der Waals surface area (Å²) in [6.45, 7) is 5.09. The molecule has 1 aromatic heterocycles. The predicted octanol–water partition coefficient (Wildman–Crippen LogP) is 1.41. The number of piperazine rings is 1. The Kier molecular flexibility index (Phi) is 5.05. The second kappa shape index (κ2) is 7.21. The smallest absolute Gasteiger partial charge is 0.123 e. The average Bonchev–Trinajstić information content (AvgIpc) is 2.94. The zero-order valence-corrected chi connectivity index (χ0v) is 13.4. The van der Waals surface area contributed by atoms with E-state index in [-0.39, 0.29) is 5.82 Å². The topological polar surface area (TPSA) is 44.5 Å². The number of aromatic nitrogens is 2. The Balaban J connectivity index is 1.48. The third-order valence-corrected chi connectivity index (χ3v) is 4.42. The van der Waals surface area contributed by atoms with Gasteiger partial charge in [-0.15, -0.1) is 0 Å². The Hall–Kier alpha value is -1.76. The number of aliphatic hydroxyl groups excluding tert-OH is 1. The Labute approximate surface area is 136 Å². The highest BCUT2D eigenvalue weighted by molar-refractivity contribution is 5.19. The molecule has 0 unspecified atom stereocenters. The molecule has 0 saturated carbocycles. The molecule has 0 spiro atoms. The summed E-state index contributed by atoms with van der Waals surface area (Å²) in [5.41, 5.74) is 0.639. The van der Waals surface area contributed by atoms with Crippen LogP contribution < -0.4 is 0 Å². The van der Waals surface area contributed by atoms with Gasteiger partial charge in [-0.05, 0) is 17.7 Å². The van der Waals surface area contributed by atoms with Crippen molar-refractivity contribution in [3.05, 3.63) is 53.9 Å². The Morgan fingerprint density at radius 1 is 1.22 bits per heavy atom. The molecule has 23 heavy (non-hydrogen) atoms. The molecule has 1 saturated heterocycles. The van der Waals surface area contributed by atoms with Crippen LogP contribution in [0.15, 0.2) is 36.7 Å². The molecule has 1 aliphatic rings. The fourth-order valence-corrected chi connectivity index (χ4v) is 2.94. The van der Waals surface area contributed by atoms with Gasteiger partial charge in [0.15, 0.2) is 0 Å². The summed E-state index contributed by atoms with van der Waals surface area (Å²) in [6, 6.07) is 6.21. The summed E-state index contributed by atoms with van der Waals surface area (Å²) in [5.74, 6) is 0.764. The summed E-state index contributed by atoms with van der Waals surface area (Å²) < 4.78 is 15.3. The van der Waals surface area contributed by atoms with Crippen LogP contribution in [0.4, 0.5) is 4.39 Å². The first-order valence-corrected chi connectivity index (χ1v) is 7.96. The lowest BCUT2D eigenvalue weighted by atomic mass is 10.1. The fraction of sp³-hybridized carbons (Fsp3) is 0.471. The molecular weight excluding hydrogens is 295 g/mol. The highest BCUT2D eigenvalue weighted by atomic mass is 19.1. The standard InChI is InChI=1S/C17H23FN4O/c1-20-6-5-19-17(20)13-22-9-7-21(8-10-22)12-16(23)14-3-2-4-15(18)11-14/h2-6,11,16,23H,7-10,12-13H2,1H3/t16-/m0/s1. The van der Waals surface area contributed by atoms with Crippen LogP contribution in [-0.4, -0.2) is 57.2 Å². The zero-order valence-electron chi connectivity index (χ0n) is 13.4. The molecule has 1 aliphatic heterocycles. The minimum atomic E-state index is -0.646. The molecule has 3 rings (SSSR count). The lowest BCUT2D eigenvalue weighted by molar-refractivity contribution is 0.0688. The number of nitrogens with zero attached hydrogens (tertiary/aromatic N) is 4. The molecule has 5 nitrogen and oxygen atoms in total. The summed E-state index contributed by atoms with van der Waals surface area (Å²) in [5, 5.41) is 10.3. The number of hydrogen-bond acceptors (Lipinski definition) is 4. The molecule has 124 valence electrons. The number of rotatable bonds is 5. The number of hydrogen-bond donors (Lipinski definition) is 1. The van der Waals surface area contributed by atoms with Gasteiger partial charge in [0.25, 0.3) is 0 Å². The normalized spacial score (nSPS) is 18.2. The summed E-state index contributed by atoms with van der Waals surface area (Å²) in [7, 11) is 2.01. The highest BCUT2D eigenvalue weighted by Gasteiger charge is 2.21. The van der Waals surface area contributed by atoms with E-state index in [2.05, 4.69) is 14.8 Å². The van der Waals surface area contributed by atoms with Crippen molar-refractivity contribution >= 4 is 0 Å². The predicted molar refractivity (Wildman–Crippen MR) is 86.3 cm³/mol. The van der Waals surface area contributed by atoms with E-state index in [1.165, 1.54) is 12.1 Å². The molecule has 1 aromatic carbocycles. The van der Waals surface area contributed by atoms with E-state index in [1.807, 2.05) is 24.0 Å². The molecule has 2 aromatic rings. The van der Waals surface area contributed by atoms with Crippen molar-refractivity contribution in [2.24, 2.45) is 7.05 Å². The van der Waals surface area contributed by atoms with Crippen LogP contribution in [0.3, 0.4) is 0 Å². The first-order valence-electron chi connectivity index (χ1n) is 7.96. The van der Waals surface area contributed by atoms with Gasteiger partial charge in [0.05, 0.1) is 12.6 Å². The molecule has 2 heterocycles. The fourth-order valence-electron chi connectivity index (χ4n) is 2.94. The number of imidazole rings is 1. The molecule has 0 radical (unpaired) electrons. The zero-order chi connectivity index (χ0) is 16.2. The average molecular weight is 318 g/mol. The molecule has 0 bridgehead atoms. The van der Waals surface area contributed by atoms with Crippen LogP contribution in [0.5, 0.6) is 0 Å². The minimum absolute atomic E-state index is 0.304. The van der Waals surface area contributed by atoms with Crippen LogP contribution in [0.2, 0.25) is 0 Å². The molecule has 1 N–H and O–H groups in total. The quantitative estimate of drug-likeness (QED) is 0.905. The van der Waals surface area contributed by atoms with Crippen molar-refractivity contribution < 1.29 is 9.50 Å². The molecule has 0 amide bonds. The second-order valence-corrected chi connectivity index (χ2v) is 6.10. The van der Waals surface area contributed by atoms with Crippen LogP contribution >= 0.6 is 0 Å². The van der Waals surface area contributed by atoms with Gasteiger partial charge in [-0.3, -0.25) is 9.80 Å². The van der Waals surface area contributed by atoms with E-state index in [4.69, 9.17) is 0 Å².